The molecule has 0 aliphatic heterocycles. The van der Waals surface area contributed by atoms with E-state index in [2.05, 4.69) is 27.0 Å². The lowest BCUT2D eigenvalue weighted by Gasteiger charge is -2.10. The predicted octanol–water partition coefficient (Wildman–Crippen LogP) is 2.50. The van der Waals surface area contributed by atoms with Crippen LogP contribution in [0.2, 0.25) is 0 Å². The highest BCUT2D eigenvalue weighted by atomic mass is 19.3. The highest BCUT2D eigenvalue weighted by molar-refractivity contribution is 5.77. The van der Waals surface area contributed by atoms with Crippen LogP contribution in [-0.2, 0) is 6.54 Å². The van der Waals surface area contributed by atoms with E-state index in [0.717, 1.165) is 0 Å². The fourth-order valence-electron chi connectivity index (χ4n) is 2.93. The van der Waals surface area contributed by atoms with Gasteiger partial charge >= 0.3 is 0 Å². The zero-order chi connectivity index (χ0) is 19.7. The van der Waals surface area contributed by atoms with Gasteiger partial charge in [0, 0.05) is 11.6 Å². The lowest BCUT2D eigenvalue weighted by atomic mass is 10.1. The van der Waals surface area contributed by atoms with Gasteiger partial charge in [-0.2, -0.15) is 5.10 Å². The van der Waals surface area contributed by atoms with E-state index in [1.807, 2.05) is 0 Å². The summed E-state index contributed by atoms with van der Waals surface area (Å²) < 4.78 is 29.0. The molecule has 3 N–H and O–H groups in total. The fraction of sp³-hybridized carbons (Fsp3) is 0.105. The number of nitrogens with zero attached hydrogens (tertiary/aromatic N) is 5. The topological polar surface area (TPSA) is 94.3 Å². The van der Waals surface area contributed by atoms with Crippen molar-refractivity contribution in [2.45, 2.75) is 13.0 Å². The Morgan fingerprint density at radius 3 is 2.61 bits per heavy atom. The summed E-state index contributed by atoms with van der Waals surface area (Å²) in [5.41, 5.74) is 8.29. The van der Waals surface area contributed by atoms with Crippen LogP contribution in [0.15, 0.2) is 48.9 Å². The Morgan fingerprint density at radius 1 is 1.11 bits per heavy atom. The minimum absolute atomic E-state index is 0.0975. The molecule has 0 aliphatic rings. The van der Waals surface area contributed by atoms with E-state index in [1.165, 1.54) is 33.7 Å². The Bertz CT molecular complexity index is 1200. The third kappa shape index (κ3) is 3.12. The van der Waals surface area contributed by atoms with Gasteiger partial charge in [0.15, 0.2) is 5.65 Å². The summed E-state index contributed by atoms with van der Waals surface area (Å²) in [6.07, 6.45) is 0.323. The predicted molar refractivity (Wildman–Crippen MR) is 98.4 cm³/mol. The first-order valence-electron chi connectivity index (χ1n) is 8.26. The van der Waals surface area contributed by atoms with Gasteiger partial charge in [0.25, 0.3) is 6.43 Å². The zero-order valence-electron chi connectivity index (χ0n) is 14.4. The maximum atomic E-state index is 13.1. The highest BCUT2D eigenvalue weighted by Crippen LogP contribution is 2.31. The van der Waals surface area contributed by atoms with Crippen molar-refractivity contribution < 1.29 is 13.9 Å². The number of nitrogens with two attached hydrogens (primary N) is 1. The molecule has 7 nitrogen and oxygen atoms in total. The van der Waals surface area contributed by atoms with E-state index >= 15 is 0 Å². The smallest absolute Gasteiger partial charge is 0.256 e. The summed E-state index contributed by atoms with van der Waals surface area (Å²) >= 11 is 0. The van der Waals surface area contributed by atoms with Crippen molar-refractivity contribution in [3.63, 3.8) is 0 Å². The highest BCUT2D eigenvalue weighted by Gasteiger charge is 2.19. The van der Waals surface area contributed by atoms with Crippen molar-refractivity contribution in [1.29, 1.82) is 0 Å². The summed E-state index contributed by atoms with van der Waals surface area (Å²) in [5, 5.41) is 14.0. The van der Waals surface area contributed by atoms with Gasteiger partial charge in [-0.1, -0.05) is 0 Å². The molecule has 0 amide bonds. The largest absolute Gasteiger partial charge is 0.508 e. The molecule has 28 heavy (non-hydrogen) atoms. The monoisotopic (exact) mass is 380 g/mol. The number of phenolic OH excluding ortho intramolecular Hbond substituents is 1. The molecule has 1 aromatic carbocycles. The number of alkyl halides is 2. The number of hydrogen-bond donors (Lipinski definition) is 2. The number of aromatic nitrogens is 5. The van der Waals surface area contributed by atoms with Crippen molar-refractivity contribution in [3.05, 3.63) is 54.6 Å². The molecule has 0 atom stereocenters. The molecule has 0 saturated heterocycles. The normalized spacial score (nSPS) is 11.0. The Morgan fingerprint density at radius 2 is 1.89 bits per heavy atom. The summed E-state index contributed by atoms with van der Waals surface area (Å²) in [5.74, 6) is 2.80. The number of rotatable bonds is 4. The molecule has 4 rings (SSSR count). The van der Waals surface area contributed by atoms with Crippen molar-refractivity contribution in [2.75, 3.05) is 0 Å². The summed E-state index contributed by atoms with van der Waals surface area (Å²) in [6.45, 7) is -0.528. The number of fused-ring (bicyclic) bond motifs is 1. The number of benzene rings is 1. The number of imidazole rings is 2. The zero-order valence-corrected chi connectivity index (χ0v) is 14.4. The first kappa shape index (κ1) is 17.5. The molecule has 0 aliphatic carbocycles. The van der Waals surface area contributed by atoms with Gasteiger partial charge in [-0.05, 0) is 42.3 Å². The molecular weight excluding hydrogens is 366 g/mol. The van der Waals surface area contributed by atoms with E-state index < -0.39 is 13.0 Å². The number of aromatic hydroxyl groups is 1. The van der Waals surface area contributed by atoms with Crippen molar-refractivity contribution in [1.82, 2.24) is 24.1 Å². The van der Waals surface area contributed by atoms with Crippen LogP contribution >= 0.6 is 0 Å². The van der Waals surface area contributed by atoms with Crippen molar-refractivity contribution >= 4 is 5.65 Å². The van der Waals surface area contributed by atoms with Crippen molar-refractivity contribution in [2.24, 2.45) is 5.73 Å². The number of hydrogen-bond acceptors (Lipinski definition) is 5. The third-order valence-corrected chi connectivity index (χ3v) is 4.12. The molecule has 9 heteroatoms. The minimum atomic E-state index is -2.56. The van der Waals surface area contributed by atoms with Crippen LogP contribution in [-0.4, -0.2) is 35.7 Å². The van der Waals surface area contributed by atoms with E-state index in [0.29, 0.717) is 34.0 Å². The maximum Gasteiger partial charge on any atom is 0.256 e. The Hall–Kier alpha value is -3.93. The molecule has 0 saturated carbocycles. The minimum Gasteiger partial charge on any atom is -0.508 e. The van der Waals surface area contributed by atoms with Crippen LogP contribution in [0.1, 0.15) is 5.69 Å². The molecule has 3 aromatic heterocycles. The second-order valence-corrected chi connectivity index (χ2v) is 5.93. The van der Waals surface area contributed by atoms with Crippen LogP contribution in [0, 0.1) is 12.0 Å². The van der Waals surface area contributed by atoms with Gasteiger partial charge in [0.1, 0.15) is 17.1 Å². The second kappa shape index (κ2) is 7.00. The van der Waals surface area contributed by atoms with E-state index in [1.54, 1.807) is 24.3 Å². The lowest BCUT2D eigenvalue weighted by Crippen LogP contribution is -2.08. The Kier molecular flexibility index (Phi) is 4.37. The molecule has 0 spiro atoms. The van der Waals surface area contributed by atoms with E-state index in [4.69, 9.17) is 5.73 Å². The molecule has 0 fully saturated rings. The van der Waals surface area contributed by atoms with Gasteiger partial charge in [-0.15, -0.1) is 0 Å². The molecule has 0 radical (unpaired) electrons. The first-order valence-corrected chi connectivity index (χ1v) is 8.26. The second-order valence-electron chi connectivity index (χ2n) is 5.93. The Balaban J connectivity index is 1.92. The van der Waals surface area contributed by atoms with Gasteiger partial charge in [0.05, 0.1) is 30.5 Å². The number of halogens is 2. The molecule has 4 aromatic rings. The average Bonchev–Trinajstić information content (AvgIpc) is 3.26. The molecular formula is C19H14F2N6O. The SMILES string of the molecule is NC#Cc1cnc2ccc(-c3c(-c4ccc(O)cc4)ncn3CC(F)F)nn12. The molecule has 3 heterocycles. The number of phenols is 1. The maximum absolute atomic E-state index is 13.1. The van der Waals surface area contributed by atoms with Gasteiger partial charge in [0.2, 0.25) is 0 Å². The third-order valence-electron chi connectivity index (χ3n) is 4.12. The average molecular weight is 380 g/mol. The Labute approximate surface area is 158 Å². The van der Waals surface area contributed by atoms with Crippen molar-refractivity contribution in [3.8, 4) is 40.4 Å². The first-order chi connectivity index (χ1) is 13.6. The van der Waals surface area contributed by atoms with Crippen LogP contribution in [0.3, 0.4) is 0 Å². The molecule has 0 bridgehead atoms. The van der Waals surface area contributed by atoms with Crippen LogP contribution in [0.25, 0.3) is 28.3 Å². The summed E-state index contributed by atoms with van der Waals surface area (Å²) in [4.78, 5) is 8.50. The fourth-order valence-corrected chi connectivity index (χ4v) is 2.93. The van der Waals surface area contributed by atoms with Gasteiger partial charge < -0.3 is 15.4 Å². The summed E-state index contributed by atoms with van der Waals surface area (Å²) in [6, 6.07) is 12.0. The summed E-state index contributed by atoms with van der Waals surface area (Å²) in [7, 11) is 0. The van der Waals surface area contributed by atoms with Crippen LogP contribution in [0.5, 0.6) is 5.75 Å². The van der Waals surface area contributed by atoms with Crippen LogP contribution in [0.4, 0.5) is 8.78 Å². The van der Waals surface area contributed by atoms with Gasteiger partial charge in [-0.3, -0.25) is 0 Å². The molecule has 0 unspecified atom stereocenters. The standard InChI is InChI=1S/C19H14F2N6O/c20-16(21)10-26-11-24-18(12-1-3-14(28)4-2-12)19(26)15-5-6-17-23-9-13(7-8-22)27(17)25-15/h1-6,9,11,16,28H,10,22H2. The molecule has 140 valence electrons. The van der Waals surface area contributed by atoms with E-state index in [-0.39, 0.29) is 5.75 Å². The van der Waals surface area contributed by atoms with Gasteiger partial charge in [-0.25, -0.2) is 23.3 Å². The van der Waals surface area contributed by atoms with E-state index in [9.17, 15) is 13.9 Å². The lowest BCUT2D eigenvalue weighted by molar-refractivity contribution is 0.127. The quantitative estimate of drug-likeness (QED) is 0.419. The van der Waals surface area contributed by atoms with Crippen LogP contribution < -0.4 is 5.73 Å².